The quantitative estimate of drug-likeness (QED) is 0.602. The van der Waals surface area contributed by atoms with Crippen molar-refractivity contribution in [1.29, 1.82) is 0 Å². The second-order valence-electron chi connectivity index (χ2n) is 5.26. The van der Waals surface area contributed by atoms with Crippen LogP contribution < -0.4 is 5.19 Å². The highest BCUT2D eigenvalue weighted by Crippen LogP contribution is 2.19. The molecule has 2 nitrogen and oxygen atoms in total. The standard InChI is InChI=1S/C14H20O2Si/c1-10(2)13(15)16-17-12-9-7-6-8-11(12)14(3,4)5/h6-9H,1,17H2,2-5H3. The molecule has 0 aromatic heterocycles. The van der Waals surface area contributed by atoms with E-state index in [9.17, 15) is 4.79 Å². The van der Waals surface area contributed by atoms with E-state index in [-0.39, 0.29) is 11.4 Å². The molecule has 3 heteroatoms. The van der Waals surface area contributed by atoms with Crippen molar-refractivity contribution >= 4 is 20.9 Å². The molecule has 0 heterocycles. The molecule has 0 bridgehead atoms. The van der Waals surface area contributed by atoms with E-state index in [2.05, 4.69) is 39.5 Å². The Morgan fingerprint density at radius 1 is 1.29 bits per heavy atom. The lowest BCUT2D eigenvalue weighted by molar-refractivity contribution is -0.129. The van der Waals surface area contributed by atoms with Crippen LogP contribution in [0.5, 0.6) is 0 Å². The fourth-order valence-corrected chi connectivity index (χ4v) is 3.21. The summed E-state index contributed by atoms with van der Waals surface area (Å²) in [6.07, 6.45) is 0. The first-order valence-corrected chi connectivity index (χ1v) is 7.02. The summed E-state index contributed by atoms with van der Waals surface area (Å²) >= 11 is 0. The largest absolute Gasteiger partial charge is 0.517 e. The third-order valence-corrected chi connectivity index (χ3v) is 3.87. The predicted molar refractivity (Wildman–Crippen MR) is 74.2 cm³/mol. The summed E-state index contributed by atoms with van der Waals surface area (Å²) in [4.78, 5) is 11.4. The van der Waals surface area contributed by atoms with Crippen LogP contribution >= 0.6 is 0 Å². The third kappa shape index (κ3) is 3.86. The van der Waals surface area contributed by atoms with Gasteiger partial charge in [-0.3, -0.25) is 0 Å². The van der Waals surface area contributed by atoms with E-state index in [1.807, 2.05) is 12.1 Å². The van der Waals surface area contributed by atoms with E-state index >= 15 is 0 Å². The molecule has 0 spiro atoms. The Kier molecular flexibility index (Phi) is 4.29. The molecule has 1 aromatic carbocycles. The average Bonchev–Trinajstić information content (AvgIpc) is 2.24. The lowest BCUT2D eigenvalue weighted by atomic mass is 9.87. The normalized spacial score (nSPS) is 11.8. The Hall–Kier alpha value is -1.35. The first kappa shape index (κ1) is 13.7. The van der Waals surface area contributed by atoms with Crippen LogP contribution in [0.3, 0.4) is 0 Å². The van der Waals surface area contributed by atoms with Crippen molar-refractivity contribution in [2.75, 3.05) is 0 Å². The summed E-state index contributed by atoms with van der Waals surface area (Å²) in [5.41, 5.74) is 1.81. The summed E-state index contributed by atoms with van der Waals surface area (Å²) in [6, 6.07) is 8.18. The zero-order chi connectivity index (χ0) is 13.1. The number of benzene rings is 1. The van der Waals surface area contributed by atoms with E-state index in [4.69, 9.17) is 4.43 Å². The van der Waals surface area contributed by atoms with Gasteiger partial charge in [0.2, 0.25) is 0 Å². The molecule has 0 fully saturated rings. The third-order valence-electron chi connectivity index (χ3n) is 2.53. The second-order valence-corrected chi connectivity index (χ2v) is 6.60. The topological polar surface area (TPSA) is 26.3 Å². The van der Waals surface area contributed by atoms with Crippen LogP contribution in [-0.4, -0.2) is 15.7 Å². The maximum absolute atomic E-state index is 11.4. The van der Waals surface area contributed by atoms with Crippen molar-refractivity contribution in [2.24, 2.45) is 0 Å². The predicted octanol–water partition coefficient (Wildman–Crippen LogP) is 1.81. The molecule has 0 saturated heterocycles. The molecule has 1 aromatic rings. The zero-order valence-corrected chi connectivity index (χ0v) is 12.5. The van der Waals surface area contributed by atoms with Crippen LogP contribution in [0.2, 0.25) is 0 Å². The van der Waals surface area contributed by atoms with Crippen molar-refractivity contribution in [2.45, 2.75) is 33.1 Å². The number of hydrogen-bond acceptors (Lipinski definition) is 2. The maximum atomic E-state index is 11.4. The van der Waals surface area contributed by atoms with Gasteiger partial charge in [-0.15, -0.1) is 0 Å². The average molecular weight is 248 g/mol. The summed E-state index contributed by atoms with van der Waals surface area (Å²) in [5, 5.41) is 1.19. The SMILES string of the molecule is C=C(C)C(=O)O[SiH2]c1ccccc1C(C)(C)C. The van der Waals surface area contributed by atoms with E-state index in [1.165, 1.54) is 10.8 Å². The number of rotatable bonds is 3. The Morgan fingerprint density at radius 2 is 1.88 bits per heavy atom. The maximum Gasteiger partial charge on any atom is 0.319 e. The van der Waals surface area contributed by atoms with Crippen molar-refractivity contribution in [3.63, 3.8) is 0 Å². The molecular formula is C14H20O2Si. The van der Waals surface area contributed by atoms with Gasteiger partial charge in [-0.05, 0) is 23.1 Å². The lowest BCUT2D eigenvalue weighted by Crippen LogP contribution is -2.30. The highest BCUT2D eigenvalue weighted by Gasteiger charge is 2.18. The van der Waals surface area contributed by atoms with Crippen LogP contribution in [0.1, 0.15) is 33.3 Å². The van der Waals surface area contributed by atoms with Crippen LogP contribution in [0.25, 0.3) is 0 Å². The Balaban J connectivity index is 2.85. The van der Waals surface area contributed by atoms with E-state index in [0.29, 0.717) is 5.57 Å². The van der Waals surface area contributed by atoms with E-state index in [1.54, 1.807) is 6.92 Å². The van der Waals surface area contributed by atoms with Crippen molar-refractivity contribution in [3.8, 4) is 0 Å². The lowest BCUT2D eigenvalue weighted by Gasteiger charge is -2.22. The number of carbonyl (C=O) groups is 1. The number of hydrogen-bond donors (Lipinski definition) is 0. The molecular weight excluding hydrogens is 228 g/mol. The number of carbonyl (C=O) groups excluding carboxylic acids is 1. The van der Waals surface area contributed by atoms with Gasteiger partial charge in [0.25, 0.3) is 9.76 Å². The monoisotopic (exact) mass is 248 g/mol. The summed E-state index contributed by atoms with van der Waals surface area (Å²) in [5.74, 6) is -0.277. The van der Waals surface area contributed by atoms with Gasteiger partial charge < -0.3 is 4.43 Å². The Morgan fingerprint density at radius 3 is 2.41 bits per heavy atom. The molecule has 0 aliphatic carbocycles. The molecule has 0 radical (unpaired) electrons. The smallest absolute Gasteiger partial charge is 0.319 e. The minimum absolute atomic E-state index is 0.0826. The molecule has 0 N–H and O–H groups in total. The van der Waals surface area contributed by atoms with E-state index < -0.39 is 9.76 Å². The van der Waals surface area contributed by atoms with Crippen molar-refractivity contribution < 1.29 is 9.22 Å². The van der Waals surface area contributed by atoms with Crippen LogP contribution in [0.15, 0.2) is 36.4 Å². The summed E-state index contributed by atoms with van der Waals surface area (Å²) < 4.78 is 5.33. The molecule has 0 unspecified atom stereocenters. The summed E-state index contributed by atoms with van der Waals surface area (Å²) in [6.45, 7) is 11.8. The molecule has 1 rings (SSSR count). The van der Waals surface area contributed by atoms with Crippen LogP contribution in [0.4, 0.5) is 0 Å². The molecule has 0 saturated carbocycles. The van der Waals surface area contributed by atoms with Gasteiger partial charge in [-0.25, -0.2) is 4.79 Å². The van der Waals surface area contributed by atoms with Crippen molar-refractivity contribution in [1.82, 2.24) is 0 Å². The van der Waals surface area contributed by atoms with Gasteiger partial charge in [0.1, 0.15) is 0 Å². The molecule has 17 heavy (non-hydrogen) atoms. The minimum Gasteiger partial charge on any atom is -0.517 e. The van der Waals surface area contributed by atoms with Gasteiger partial charge in [-0.2, -0.15) is 0 Å². The molecule has 0 atom stereocenters. The molecule has 0 aliphatic heterocycles. The first-order valence-electron chi connectivity index (χ1n) is 5.73. The van der Waals surface area contributed by atoms with Gasteiger partial charge in [0.15, 0.2) is 0 Å². The van der Waals surface area contributed by atoms with Gasteiger partial charge >= 0.3 is 5.97 Å². The highest BCUT2D eigenvalue weighted by molar-refractivity contribution is 6.50. The van der Waals surface area contributed by atoms with Crippen molar-refractivity contribution in [3.05, 3.63) is 42.0 Å². The van der Waals surface area contributed by atoms with Crippen LogP contribution in [-0.2, 0) is 14.6 Å². The van der Waals surface area contributed by atoms with Gasteiger partial charge in [0.05, 0.1) is 0 Å². The first-order chi connectivity index (χ1) is 7.82. The minimum atomic E-state index is -1.02. The fraction of sp³-hybridized carbons (Fsp3) is 0.357. The molecule has 0 aliphatic rings. The van der Waals surface area contributed by atoms with Gasteiger partial charge in [0, 0.05) is 5.57 Å². The summed E-state index contributed by atoms with van der Waals surface area (Å²) in [7, 11) is -1.02. The van der Waals surface area contributed by atoms with Crippen LogP contribution in [0, 0.1) is 0 Å². The zero-order valence-electron chi connectivity index (χ0n) is 11.0. The Labute approximate surface area is 106 Å². The molecule has 92 valence electrons. The van der Waals surface area contributed by atoms with E-state index in [0.717, 1.165) is 0 Å². The second kappa shape index (κ2) is 5.32. The Bertz CT molecular complexity index is 430. The fourth-order valence-electron chi connectivity index (χ4n) is 1.64. The van der Waals surface area contributed by atoms with Gasteiger partial charge in [-0.1, -0.05) is 51.6 Å². The molecule has 0 amide bonds. The highest BCUT2D eigenvalue weighted by atomic mass is 28.2.